The number of aromatic nitrogens is 4. The average Bonchev–Trinajstić information content (AvgIpc) is 3.50. The second kappa shape index (κ2) is 9.64. The first kappa shape index (κ1) is 22.7. The highest BCUT2D eigenvalue weighted by Gasteiger charge is 2.33. The maximum absolute atomic E-state index is 13.3. The lowest BCUT2D eigenvalue weighted by Gasteiger charge is -2.22. The number of ketones is 1. The summed E-state index contributed by atoms with van der Waals surface area (Å²) in [4.78, 5) is 42.7. The minimum atomic E-state index is -0.216. The molecule has 0 saturated carbocycles. The Labute approximate surface area is 206 Å². The Bertz CT molecular complexity index is 1400. The maximum Gasteiger partial charge on any atom is 0.281 e. The van der Waals surface area contributed by atoms with E-state index in [9.17, 15) is 9.59 Å². The third-order valence-corrected chi connectivity index (χ3v) is 7.37. The van der Waals surface area contributed by atoms with Crippen LogP contribution in [0.4, 0.5) is 5.13 Å². The van der Waals surface area contributed by atoms with Gasteiger partial charge < -0.3 is 4.90 Å². The van der Waals surface area contributed by atoms with E-state index in [1.54, 1.807) is 22.9 Å². The number of anilines is 1. The lowest BCUT2D eigenvalue weighted by Crippen LogP contribution is -2.36. The van der Waals surface area contributed by atoms with E-state index in [1.165, 1.54) is 11.3 Å². The first-order valence-corrected chi connectivity index (χ1v) is 12.6. The minimum Gasteiger partial charge on any atom is -0.338 e. The zero-order valence-corrected chi connectivity index (χ0v) is 20.3. The molecule has 0 radical (unpaired) electrons. The SMILES string of the molecule is CCn1c(-c2cc(Cl)ccn2)nc2sc(N3CCC[C@@H]3C(=O)CCc3ccccc3)nc2c1=O. The quantitative estimate of drug-likeness (QED) is 0.369. The van der Waals surface area contributed by atoms with Gasteiger partial charge >= 0.3 is 0 Å². The number of carbonyl (C=O) groups excluding carboxylic acids is 1. The number of halogens is 1. The number of hydrogen-bond donors (Lipinski definition) is 0. The van der Waals surface area contributed by atoms with Crippen molar-refractivity contribution in [3.8, 4) is 11.5 Å². The van der Waals surface area contributed by atoms with Crippen LogP contribution in [0.25, 0.3) is 21.9 Å². The molecule has 4 aromatic rings. The summed E-state index contributed by atoms with van der Waals surface area (Å²) < 4.78 is 1.57. The fourth-order valence-electron chi connectivity index (χ4n) is 4.44. The summed E-state index contributed by atoms with van der Waals surface area (Å²) in [5, 5.41) is 1.20. The lowest BCUT2D eigenvalue weighted by atomic mass is 10.0. The summed E-state index contributed by atoms with van der Waals surface area (Å²) in [6.45, 7) is 3.06. The van der Waals surface area contributed by atoms with Gasteiger partial charge in [-0.1, -0.05) is 53.3 Å². The second-order valence-corrected chi connectivity index (χ2v) is 9.69. The molecular weight excluding hydrogens is 470 g/mol. The van der Waals surface area contributed by atoms with Crippen LogP contribution in [0.1, 0.15) is 31.7 Å². The zero-order chi connectivity index (χ0) is 23.7. The molecule has 0 amide bonds. The van der Waals surface area contributed by atoms with Crippen LogP contribution in [0.15, 0.2) is 53.5 Å². The number of Topliss-reactive ketones (excluding diaryl/α,β-unsaturated/α-hetero) is 1. The molecule has 0 N–H and O–H groups in total. The van der Waals surface area contributed by atoms with Crippen molar-refractivity contribution in [1.29, 1.82) is 0 Å². The van der Waals surface area contributed by atoms with Gasteiger partial charge in [-0.15, -0.1) is 0 Å². The van der Waals surface area contributed by atoms with E-state index in [-0.39, 0.29) is 17.4 Å². The predicted octanol–water partition coefficient (Wildman–Crippen LogP) is 4.76. The highest BCUT2D eigenvalue weighted by atomic mass is 35.5. The Balaban J connectivity index is 1.46. The smallest absolute Gasteiger partial charge is 0.281 e. The van der Waals surface area contributed by atoms with Crippen molar-refractivity contribution in [2.75, 3.05) is 11.4 Å². The zero-order valence-electron chi connectivity index (χ0n) is 18.8. The topological polar surface area (TPSA) is 81.0 Å². The minimum absolute atomic E-state index is 0.210. The number of benzene rings is 1. The molecule has 1 fully saturated rings. The van der Waals surface area contributed by atoms with Crippen LogP contribution >= 0.6 is 22.9 Å². The third-order valence-electron chi connectivity index (χ3n) is 6.15. The molecule has 174 valence electrons. The lowest BCUT2D eigenvalue weighted by molar-refractivity contribution is -0.120. The molecule has 34 heavy (non-hydrogen) atoms. The molecule has 0 bridgehead atoms. The van der Waals surface area contributed by atoms with E-state index in [4.69, 9.17) is 16.6 Å². The molecule has 1 aliphatic heterocycles. The number of rotatable bonds is 7. The van der Waals surface area contributed by atoms with Crippen molar-refractivity contribution in [1.82, 2.24) is 19.5 Å². The van der Waals surface area contributed by atoms with Crippen LogP contribution in [-0.4, -0.2) is 37.9 Å². The second-order valence-electron chi connectivity index (χ2n) is 8.30. The Kier molecular flexibility index (Phi) is 6.43. The number of aryl methyl sites for hydroxylation is 1. The van der Waals surface area contributed by atoms with Crippen LogP contribution in [0.3, 0.4) is 0 Å². The van der Waals surface area contributed by atoms with E-state index < -0.39 is 0 Å². The molecule has 1 atom stereocenters. The summed E-state index contributed by atoms with van der Waals surface area (Å²) in [5.74, 6) is 0.679. The predicted molar refractivity (Wildman–Crippen MR) is 136 cm³/mol. The fourth-order valence-corrected chi connectivity index (χ4v) is 5.61. The average molecular weight is 494 g/mol. The van der Waals surface area contributed by atoms with Gasteiger partial charge in [0, 0.05) is 30.7 Å². The van der Waals surface area contributed by atoms with E-state index >= 15 is 0 Å². The number of thiazole rings is 1. The maximum atomic E-state index is 13.3. The van der Waals surface area contributed by atoms with Gasteiger partial charge in [0.1, 0.15) is 5.69 Å². The first-order valence-electron chi connectivity index (χ1n) is 11.4. The molecule has 3 aromatic heterocycles. The Morgan fingerprint density at radius 2 is 2.03 bits per heavy atom. The molecule has 1 aromatic carbocycles. The summed E-state index contributed by atoms with van der Waals surface area (Å²) in [7, 11) is 0. The Hall–Kier alpha value is -3.10. The van der Waals surface area contributed by atoms with Gasteiger partial charge in [0.25, 0.3) is 5.56 Å². The molecular formula is C25H24ClN5O2S. The van der Waals surface area contributed by atoms with Gasteiger partial charge in [0.2, 0.25) is 0 Å². The summed E-state index contributed by atoms with van der Waals surface area (Å²) in [6, 6.07) is 13.2. The number of pyridine rings is 1. The Morgan fingerprint density at radius 3 is 2.79 bits per heavy atom. The van der Waals surface area contributed by atoms with Crippen LogP contribution in [0.5, 0.6) is 0 Å². The van der Waals surface area contributed by atoms with E-state index in [0.29, 0.717) is 45.0 Å². The molecule has 9 heteroatoms. The number of fused-ring (bicyclic) bond motifs is 1. The molecule has 1 aliphatic rings. The van der Waals surface area contributed by atoms with Crippen LogP contribution < -0.4 is 10.5 Å². The van der Waals surface area contributed by atoms with Gasteiger partial charge in [-0.3, -0.25) is 19.1 Å². The molecule has 0 spiro atoms. The molecule has 0 aliphatic carbocycles. The highest BCUT2D eigenvalue weighted by molar-refractivity contribution is 7.21. The van der Waals surface area contributed by atoms with Crippen LogP contribution in [0, 0.1) is 0 Å². The number of hydrogen-bond acceptors (Lipinski definition) is 7. The Morgan fingerprint density at radius 1 is 1.21 bits per heavy atom. The van der Waals surface area contributed by atoms with Crippen LogP contribution in [-0.2, 0) is 17.8 Å². The van der Waals surface area contributed by atoms with Gasteiger partial charge in [-0.25, -0.2) is 9.97 Å². The number of nitrogens with zero attached hydrogens (tertiary/aromatic N) is 5. The van der Waals surface area contributed by atoms with E-state index in [0.717, 1.165) is 31.4 Å². The van der Waals surface area contributed by atoms with Crippen molar-refractivity contribution in [3.63, 3.8) is 0 Å². The standard InChI is InChI=1S/C25H24ClN5O2S/c1-2-30-22(18-15-17(26)12-13-27-18)29-23-21(24(30)33)28-25(34-23)31-14-6-9-19(31)20(32)11-10-16-7-4-3-5-8-16/h3-5,7-8,12-13,15,19H,2,6,9-11,14H2,1H3/t19-/m1/s1. The monoisotopic (exact) mass is 493 g/mol. The summed E-state index contributed by atoms with van der Waals surface area (Å²) >= 11 is 7.50. The molecule has 5 rings (SSSR count). The van der Waals surface area contributed by atoms with E-state index in [2.05, 4.69) is 9.97 Å². The summed E-state index contributed by atoms with van der Waals surface area (Å²) in [5.41, 5.74) is 1.82. The summed E-state index contributed by atoms with van der Waals surface area (Å²) in [6.07, 6.45) is 4.53. The van der Waals surface area contributed by atoms with Gasteiger partial charge in [-0.2, -0.15) is 0 Å². The fraction of sp³-hybridized carbons (Fsp3) is 0.320. The molecule has 0 unspecified atom stereocenters. The highest BCUT2D eigenvalue weighted by Crippen LogP contribution is 2.33. The molecule has 4 heterocycles. The van der Waals surface area contributed by atoms with Gasteiger partial charge in [0.15, 0.2) is 27.1 Å². The van der Waals surface area contributed by atoms with Crippen LogP contribution in [0.2, 0.25) is 5.02 Å². The third kappa shape index (κ3) is 4.35. The van der Waals surface area contributed by atoms with E-state index in [1.807, 2.05) is 42.2 Å². The van der Waals surface area contributed by atoms with Gasteiger partial charge in [-0.05, 0) is 43.9 Å². The molecule has 1 saturated heterocycles. The van der Waals surface area contributed by atoms with Gasteiger partial charge in [0.05, 0.1) is 6.04 Å². The first-order chi connectivity index (χ1) is 16.5. The van der Waals surface area contributed by atoms with Crippen molar-refractivity contribution in [2.45, 2.75) is 45.2 Å². The van der Waals surface area contributed by atoms with Crippen molar-refractivity contribution < 1.29 is 4.79 Å². The number of carbonyl (C=O) groups is 1. The largest absolute Gasteiger partial charge is 0.338 e. The molecule has 7 nitrogen and oxygen atoms in total. The normalized spacial score (nSPS) is 15.8. The van der Waals surface area contributed by atoms with Crippen molar-refractivity contribution in [3.05, 3.63) is 69.6 Å². The van der Waals surface area contributed by atoms with Crippen molar-refractivity contribution >= 4 is 44.2 Å². The van der Waals surface area contributed by atoms with Crippen molar-refractivity contribution in [2.24, 2.45) is 0 Å².